The Bertz CT molecular complexity index is 1290. The molecule has 156 valence electrons. The van der Waals surface area contributed by atoms with E-state index in [2.05, 4.69) is 73.9 Å². The number of hydrogen-bond acceptors (Lipinski definition) is 2. The molecule has 31 heavy (non-hydrogen) atoms. The first kappa shape index (κ1) is 19.6. The summed E-state index contributed by atoms with van der Waals surface area (Å²) in [6.07, 6.45) is 0.490. The number of hydrogen-bond donors (Lipinski definition) is 0. The highest BCUT2D eigenvalue weighted by Crippen LogP contribution is 2.34. The maximum atomic E-state index is 12.9. The van der Waals surface area contributed by atoms with Crippen LogP contribution in [0.25, 0.3) is 11.0 Å². The highest BCUT2D eigenvalue weighted by atomic mass is 16.2. The molecule has 0 saturated carbocycles. The molecule has 1 atom stereocenters. The fraction of sp³-hybridized carbons (Fsp3) is 0.259. The first-order valence-corrected chi connectivity index (χ1v) is 10.9. The van der Waals surface area contributed by atoms with Crippen molar-refractivity contribution in [3.8, 4) is 0 Å². The van der Waals surface area contributed by atoms with Gasteiger partial charge < -0.3 is 9.47 Å². The van der Waals surface area contributed by atoms with Crippen LogP contribution >= 0.6 is 0 Å². The van der Waals surface area contributed by atoms with Gasteiger partial charge in [-0.05, 0) is 61.7 Å². The van der Waals surface area contributed by atoms with Crippen molar-refractivity contribution in [1.29, 1.82) is 0 Å². The van der Waals surface area contributed by atoms with Crippen molar-refractivity contribution in [1.82, 2.24) is 9.55 Å². The molecular formula is C27H27N3O. The van der Waals surface area contributed by atoms with Crippen molar-refractivity contribution >= 4 is 22.6 Å². The molecule has 1 amide bonds. The topological polar surface area (TPSA) is 38.1 Å². The number of fused-ring (bicyclic) bond motifs is 1. The molecule has 0 bridgehead atoms. The van der Waals surface area contributed by atoms with Gasteiger partial charge in [-0.15, -0.1) is 0 Å². The zero-order valence-corrected chi connectivity index (χ0v) is 18.3. The Balaban J connectivity index is 1.55. The van der Waals surface area contributed by atoms with Crippen LogP contribution in [0.3, 0.4) is 0 Å². The maximum Gasteiger partial charge on any atom is 0.227 e. The smallest absolute Gasteiger partial charge is 0.227 e. The third-order valence-electron chi connectivity index (χ3n) is 6.32. The van der Waals surface area contributed by atoms with Crippen molar-refractivity contribution in [3.05, 3.63) is 94.8 Å². The van der Waals surface area contributed by atoms with Gasteiger partial charge in [-0.2, -0.15) is 0 Å². The van der Waals surface area contributed by atoms with Gasteiger partial charge in [-0.25, -0.2) is 4.98 Å². The molecule has 5 rings (SSSR count). The van der Waals surface area contributed by atoms with Gasteiger partial charge in [0.1, 0.15) is 5.82 Å². The van der Waals surface area contributed by atoms with E-state index >= 15 is 0 Å². The number of amides is 1. The number of carbonyl (C=O) groups is 1. The third kappa shape index (κ3) is 3.63. The average molecular weight is 410 g/mol. The molecule has 1 aliphatic heterocycles. The van der Waals surface area contributed by atoms with Crippen molar-refractivity contribution < 1.29 is 4.79 Å². The standard InChI is InChI=1S/C27H27N3O/c1-18-7-6-8-23(14-18)29-17-22(15-26(29)31)27-28-24-9-4-5-10-25(24)30(27)16-21-13-19(2)11-12-20(21)3/h4-14,22H,15-17H2,1-3H3/t22-/m0/s1. The zero-order chi connectivity index (χ0) is 21.5. The monoisotopic (exact) mass is 409 g/mol. The summed E-state index contributed by atoms with van der Waals surface area (Å²) in [6, 6.07) is 23.1. The minimum absolute atomic E-state index is 0.0746. The lowest BCUT2D eigenvalue weighted by molar-refractivity contribution is -0.117. The fourth-order valence-corrected chi connectivity index (χ4v) is 4.64. The molecule has 1 aliphatic rings. The van der Waals surface area contributed by atoms with Crippen LogP contribution < -0.4 is 4.90 Å². The zero-order valence-electron chi connectivity index (χ0n) is 18.3. The SMILES string of the molecule is Cc1cccc(N2C[C@@H](c3nc4ccccc4n3Cc3cc(C)ccc3C)CC2=O)c1. The largest absolute Gasteiger partial charge is 0.323 e. The van der Waals surface area contributed by atoms with Crippen LogP contribution in [0.2, 0.25) is 0 Å². The molecule has 0 radical (unpaired) electrons. The fourth-order valence-electron chi connectivity index (χ4n) is 4.64. The summed E-state index contributed by atoms with van der Waals surface area (Å²) in [5.74, 6) is 1.25. The van der Waals surface area contributed by atoms with Crippen molar-refractivity contribution in [2.45, 2.75) is 39.7 Å². The van der Waals surface area contributed by atoms with E-state index in [1.54, 1.807) is 0 Å². The van der Waals surface area contributed by atoms with Crippen LogP contribution in [0.1, 0.15) is 40.4 Å². The molecule has 3 aromatic carbocycles. The first-order valence-electron chi connectivity index (χ1n) is 10.9. The summed E-state index contributed by atoms with van der Waals surface area (Å²) in [4.78, 5) is 19.9. The van der Waals surface area contributed by atoms with Gasteiger partial charge in [0.25, 0.3) is 0 Å². The number of imidazole rings is 1. The number of rotatable bonds is 4. The molecule has 0 aliphatic carbocycles. The van der Waals surface area contributed by atoms with E-state index in [0.717, 1.165) is 34.7 Å². The van der Waals surface area contributed by atoms with Crippen molar-refractivity contribution in [2.24, 2.45) is 0 Å². The minimum Gasteiger partial charge on any atom is -0.323 e. The number of anilines is 1. The van der Waals surface area contributed by atoms with E-state index in [1.165, 1.54) is 16.7 Å². The number of benzene rings is 3. The lowest BCUT2D eigenvalue weighted by Crippen LogP contribution is -2.24. The number of aryl methyl sites for hydroxylation is 3. The van der Waals surface area contributed by atoms with Crippen LogP contribution in [-0.2, 0) is 11.3 Å². The Hall–Kier alpha value is -3.40. The van der Waals surface area contributed by atoms with Gasteiger partial charge in [-0.1, -0.05) is 48.0 Å². The highest BCUT2D eigenvalue weighted by Gasteiger charge is 2.35. The van der Waals surface area contributed by atoms with Gasteiger partial charge in [0.2, 0.25) is 5.91 Å². The predicted molar refractivity (Wildman–Crippen MR) is 126 cm³/mol. The maximum absolute atomic E-state index is 12.9. The van der Waals surface area contributed by atoms with Gasteiger partial charge in [0, 0.05) is 31.1 Å². The molecule has 0 N–H and O–H groups in total. The second-order valence-electron chi connectivity index (χ2n) is 8.72. The number of para-hydroxylation sites is 2. The molecule has 4 nitrogen and oxygen atoms in total. The van der Waals surface area contributed by atoms with E-state index in [4.69, 9.17) is 4.98 Å². The Morgan fingerprint density at radius 2 is 1.74 bits per heavy atom. The van der Waals surface area contributed by atoms with Gasteiger partial charge >= 0.3 is 0 Å². The molecule has 0 spiro atoms. The summed E-state index contributed by atoms with van der Waals surface area (Å²) in [6.45, 7) is 7.78. The number of carbonyl (C=O) groups excluding carboxylic acids is 1. The first-order chi connectivity index (χ1) is 15.0. The van der Waals surface area contributed by atoms with E-state index in [9.17, 15) is 4.79 Å². The molecule has 1 saturated heterocycles. The Morgan fingerprint density at radius 1 is 0.935 bits per heavy atom. The number of aromatic nitrogens is 2. The molecule has 0 unspecified atom stereocenters. The molecule has 4 heteroatoms. The predicted octanol–water partition coefficient (Wildman–Crippen LogP) is 5.53. The second kappa shape index (κ2) is 7.69. The molecule has 1 aromatic heterocycles. The normalized spacial score (nSPS) is 16.4. The second-order valence-corrected chi connectivity index (χ2v) is 8.72. The van der Waals surface area contributed by atoms with Gasteiger partial charge in [0.05, 0.1) is 11.0 Å². The van der Waals surface area contributed by atoms with Crippen molar-refractivity contribution in [3.63, 3.8) is 0 Å². The van der Waals surface area contributed by atoms with Crippen LogP contribution in [0.5, 0.6) is 0 Å². The Morgan fingerprint density at radius 3 is 2.58 bits per heavy atom. The van der Waals surface area contributed by atoms with Crippen LogP contribution in [0.4, 0.5) is 5.69 Å². The Labute approximate surface area is 183 Å². The summed E-state index contributed by atoms with van der Waals surface area (Å²) in [5.41, 5.74) is 8.08. The van der Waals surface area contributed by atoms with E-state index in [1.807, 2.05) is 23.1 Å². The lowest BCUT2D eigenvalue weighted by Gasteiger charge is -2.18. The molecular weight excluding hydrogens is 382 g/mol. The van der Waals surface area contributed by atoms with Crippen molar-refractivity contribution in [2.75, 3.05) is 11.4 Å². The summed E-state index contributed by atoms with van der Waals surface area (Å²) >= 11 is 0. The van der Waals surface area contributed by atoms with E-state index in [0.29, 0.717) is 13.0 Å². The van der Waals surface area contributed by atoms with Gasteiger partial charge in [-0.3, -0.25) is 4.79 Å². The van der Waals surface area contributed by atoms with Crippen LogP contribution in [0, 0.1) is 20.8 Å². The molecule has 1 fully saturated rings. The molecule has 4 aromatic rings. The summed E-state index contributed by atoms with van der Waals surface area (Å²) in [5, 5.41) is 0. The minimum atomic E-state index is 0.0746. The highest BCUT2D eigenvalue weighted by molar-refractivity contribution is 5.96. The van der Waals surface area contributed by atoms with Gasteiger partial charge in [0.15, 0.2) is 0 Å². The Kier molecular flexibility index (Phi) is 4.85. The van der Waals surface area contributed by atoms with E-state index < -0.39 is 0 Å². The lowest BCUT2D eigenvalue weighted by atomic mass is 10.0. The van der Waals surface area contributed by atoms with E-state index in [-0.39, 0.29) is 11.8 Å². The summed E-state index contributed by atoms with van der Waals surface area (Å²) < 4.78 is 2.31. The molecule has 2 heterocycles. The average Bonchev–Trinajstić information content (AvgIpc) is 3.31. The third-order valence-corrected chi connectivity index (χ3v) is 6.32. The number of nitrogens with zero attached hydrogens (tertiary/aromatic N) is 3. The van der Waals surface area contributed by atoms with Crippen LogP contribution in [0.15, 0.2) is 66.7 Å². The summed E-state index contributed by atoms with van der Waals surface area (Å²) in [7, 11) is 0. The quantitative estimate of drug-likeness (QED) is 0.444. The van der Waals surface area contributed by atoms with Crippen LogP contribution in [-0.4, -0.2) is 22.0 Å².